The fourth-order valence-electron chi connectivity index (χ4n) is 2.02. The molecule has 0 fully saturated rings. The monoisotopic (exact) mass is 342 g/mol. The Hall–Kier alpha value is -0.880. The van der Waals surface area contributed by atoms with E-state index in [4.69, 9.17) is 17.4 Å². The van der Waals surface area contributed by atoms with Gasteiger partial charge in [-0.15, -0.1) is 0 Å². The number of benzene rings is 1. The summed E-state index contributed by atoms with van der Waals surface area (Å²) in [5.41, 5.74) is 3.79. The largest absolute Gasteiger partial charge is 0.333 e. The molecule has 1 aromatic heterocycles. The second-order valence-electron chi connectivity index (χ2n) is 4.25. The van der Waals surface area contributed by atoms with Crippen molar-refractivity contribution >= 4 is 27.5 Å². The highest BCUT2D eigenvalue weighted by Gasteiger charge is 2.18. The lowest BCUT2D eigenvalue weighted by atomic mass is 10.1. The van der Waals surface area contributed by atoms with E-state index in [1.807, 2.05) is 24.4 Å². The van der Waals surface area contributed by atoms with Crippen molar-refractivity contribution in [1.29, 1.82) is 0 Å². The lowest BCUT2D eigenvalue weighted by molar-refractivity contribution is 0.545. The Bertz CT molecular complexity index is 555. The van der Waals surface area contributed by atoms with Crippen LogP contribution in [0.1, 0.15) is 30.8 Å². The Labute approximate surface area is 126 Å². The van der Waals surface area contributed by atoms with E-state index in [-0.39, 0.29) is 6.04 Å². The van der Waals surface area contributed by atoms with E-state index in [0.29, 0.717) is 5.02 Å². The molecule has 2 aromatic rings. The van der Waals surface area contributed by atoms with Crippen molar-refractivity contribution in [2.45, 2.75) is 25.9 Å². The molecule has 0 spiro atoms. The molecule has 0 amide bonds. The first-order valence-corrected chi connectivity index (χ1v) is 7.26. The van der Waals surface area contributed by atoms with Gasteiger partial charge in [-0.3, -0.25) is 5.84 Å². The summed E-state index contributed by atoms with van der Waals surface area (Å²) in [4.78, 5) is 4.40. The number of nitrogens with zero attached hydrogens (tertiary/aromatic N) is 2. The molecule has 0 aliphatic carbocycles. The van der Waals surface area contributed by atoms with E-state index in [1.165, 1.54) is 0 Å². The molecule has 1 unspecified atom stereocenters. The molecule has 0 saturated heterocycles. The second kappa shape index (κ2) is 6.52. The number of aryl methyl sites for hydroxylation is 1. The summed E-state index contributed by atoms with van der Waals surface area (Å²) in [6, 6.07) is 5.61. The van der Waals surface area contributed by atoms with Crippen LogP contribution in [0.25, 0.3) is 0 Å². The number of hydrogen-bond donors (Lipinski definition) is 2. The summed E-state index contributed by atoms with van der Waals surface area (Å²) in [5, 5.41) is 0.659. The molecular formula is C13H16BrClN4. The highest BCUT2D eigenvalue weighted by molar-refractivity contribution is 9.10. The molecular weight excluding hydrogens is 328 g/mol. The average molecular weight is 344 g/mol. The third kappa shape index (κ3) is 3.17. The zero-order valence-corrected chi connectivity index (χ0v) is 12.9. The molecule has 102 valence electrons. The van der Waals surface area contributed by atoms with Crippen molar-refractivity contribution in [2.75, 3.05) is 0 Å². The molecule has 0 radical (unpaired) electrons. The van der Waals surface area contributed by atoms with Crippen LogP contribution in [0.2, 0.25) is 5.02 Å². The standard InChI is InChI=1S/C13H16BrClN4/c1-2-6-19-7-5-17-13(19)12(18-16)9-3-4-10(14)11(15)8-9/h3-5,7-8,12,18H,2,6,16H2,1H3. The van der Waals surface area contributed by atoms with Gasteiger partial charge in [-0.05, 0) is 40.0 Å². The van der Waals surface area contributed by atoms with Gasteiger partial charge in [0.25, 0.3) is 0 Å². The van der Waals surface area contributed by atoms with Gasteiger partial charge in [0.15, 0.2) is 0 Å². The molecule has 1 heterocycles. The van der Waals surface area contributed by atoms with Gasteiger partial charge in [-0.25, -0.2) is 10.4 Å². The first-order chi connectivity index (χ1) is 9.17. The molecule has 0 aliphatic rings. The lowest BCUT2D eigenvalue weighted by Crippen LogP contribution is -2.31. The highest BCUT2D eigenvalue weighted by Crippen LogP contribution is 2.28. The fourth-order valence-corrected chi connectivity index (χ4v) is 2.46. The number of nitrogens with one attached hydrogen (secondary N) is 1. The summed E-state index contributed by atoms with van der Waals surface area (Å²) in [7, 11) is 0. The van der Waals surface area contributed by atoms with Crippen molar-refractivity contribution in [3.05, 3.63) is 51.5 Å². The van der Waals surface area contributed by atoms with Crippen molar-refractivity contribution in [3.63, 3.8) is 0 Å². The Morgan fingerprint density at radius 1 is 1.53 bits per heavy atom. The van der Waals surface area contributed by atoms with Crippen LogP contribution in [-0.4, -0.2) is 9.55 Å². The van der Waals surface area contributed by atoms with Crippen LogP contribution in [0.4, 0.5) is 0 Å². The van der Waals surface area contributed by atoms with E-state index in [1.54, 1.807) is 6.20 Å². The van der Waals surface area contributed by atoms with E-state index >= 15 is 0 Å². The molecule has 0 bridgehead atoms. The van der Waals surface area contributed by atoms with Gasteiger partial charge in [0.1, 0.15) is 11.9 Å². The van der Waals surface area contributed by atoms with Crippen LogP contribution in [0.15, 0.2) is 35.1 Å². The van der Waals surface area contributed by atoms with Gasteiger partial charge in [0.2, 0.25) is 0 Å². The lowest BCUT2D eigenvalue weighted by Gasteiger charge is -2.18. The van der Waals surface area contributed by atoms with Crippen molar-refractivity contribution in [1.82, 2.24) is 15.0 Å². The van der Waals surface area contributed by atoms with Gasteiger partial charge in [0.05, 0.1) is 5.02 Å². The third-order valence-corrected chi connectivity index (χ3v) is 4.15. The summed E-state index contributed by atoms with van der Waals surface area (Å²) < 4.78 is 2.96. The molecule has 1 aromatic carbocycles. The maximum atomic E-state index is 6.13. The quantitative estimate of drug-likeness (QED) is 0.647. The molecule has 6 heteroatoms. The third-order valence-electron chi connectivity index (χ3n) is 2.91. The maximum absolute atomic E-state index is 6.13. The molecule has 2 rings (SSSR count). The molecule has 19 heavy (non-hydrogen) atoms. The van der Waals surface area contributed by atoms with E-state index in [2.05, 4.69) is 37.8 Å². The predicted molar refractivity (Wildman–Crippen MR) is 80.8 cm³/mol. The van der Waals surface area contributed by atoms with Crippen molar-refractivity contribution in [3.8, 4) is 0 Å². The van der Waals surface area contributed by atoms with Crippen LogP contribution in [0.3, 0.4) is 0 Å². The minimum atomic E-state index is -0.174. The second-order valence-corrected chi connectivity index (χ2v) is 5.51. The normalized spacial score (nSPS) is 12.6. The molecule has 4 nitrogen and oxygen atoms in total. The Morgan fingerprint density at radius 3 is 2.95 bits per heavy atom. The van der Waals surface area contributed by atoms with Crippen LogP contribution < -0.4 is 11.3 Å². The molecule has 0 saturated carbocycles. The highest BCUT2D eigenvalue weighted by atomic mass is 79.9. The van der Waals surface area contributed by atoms with Gasteiger partial charge in [-0.2, -0.15) is 0 Å². The fraction of sp³-hybridized carbons (Fsp3) is 0.308. The average Bonchev–Trinajstić information content (AvgIpc) is 2.83. The first-order valence-electron chi connectivity index (χ1n) is 6.09. The van der Waals surface area contributed by atoms with Gasteiger partial charge in [0, 0.05) is 23.4 Å². The van der Waals surface area contributed by atoms with Crippen molar-refractivity contribution in [2.24, 2.45) is 5.84 Å². The summed E-state index contributed by atoms with van der Waals surface area (Å²) in [6.07, 6.45) is 4.79. The number of rotatable bonds is 5. The first kappa shape index (κ1) is 14.5. The Balaban J connectivity index is 2.38. The zero-order chi connectivity index (χ0) is 13.8. The van der Waals surface area contributed by atoms with Gasteiger partial charge in [-0.1, -0.05) is 24.6 Å². The number of nitrogens with two attached hydrogens (primary N) is 1. The SMILES string of the molecule is CCCn1ccnc1C(NN)c1ccc(Br)c(Cl)c1. The van der Waals surface area contributed by atoms with E-state index < -0.39 is 0 Å². The minimum Gasteiger partial charge on any atom is -0.333 e. The number of aromatic nitrogens is 2. The van der Waals surface area contributed by atoms with Crippen LogP contribution in [-0.2, 0) is 6.54 Å². The number of hydrazine groups is 1. The summed E-state index contributed by atoms with van der Waals surface area (Å²) in [5.74, 6) is 6.58. The molecule has 0 aliphatic heterocycles. The van der Waals surface area contributed by atoms with Crippen molar-refractivity contribution < 1.29 is 0 Å². The van der Waals surface area contributed by atoms with Gasteiger partial charge >= 0.3 is 0 Å². The molecule has 1 atom stereocenters. The molecule has 3 N–H and O–H groups in total. The Kier molecular flexibility index (Phi) is 4.99. The number of hydrogen-bond acceptors (Lipinski definition) is 3. The number of imidazole rings is 1. The van der Waals surface area contributed by atoms with Gasteiger partial charge < -0.3 is 4.57 Å². The summed E-state index contributed by atoms with van der Waals surface area (Å²) in [6.45, 7) is 3.04. The van der Waals surface area contributed by atoms with E-state index in [0.717, 1.165) is 28.8 Å². The smallest absolute Gasteiger partial charge is 0.131 e. The van der Waals surface area contributed by atoms with Crippen LogP contribution in [0, 0.1) is 0 Å². The summed E-state index contributed by atoms with van der Waals surface area (Å²) >= 11 is 9.52. The predicted octanol–water partition coefficient (Wildman–Crippen LogP) is 3.26. The maximum Gasteiger partial charge on any atom is 0.131 e. The minimum absolute atomic E-state index is 0.174. The van der Waals surface area contributed by atoms with E-state index in [9.17, 15) is 0 Å². The van der Waals surface area contributed by atoms with Crippen LogP contribution >= 0.6 is 27.5 Å². The number of halogens is 2. The zero-order valence-electron chi connectivity index (χ0n) is 10.6. The van der Waals surface area contributed by atoms with Crippen LogP contribution in [0.5, 0.6) is 0 Å². The Morgan fingerprint density at radius 2 is 2.32 bits per heavy atom. The topological polar surface area (TPSA) is 55.9 Å².